The molecule has 0 fully saturated rings. The second kappa shape index (κ2) is 5.25. The number of pyridine rings is 1. The van der Waals surface area contributed by atoms with Crippen LogP contribution in [0.25, 0.3) is 0 Å². The second-order valence-corrected chi connectivity index (χ2v) is 3.46. The predicted octanol–water partition coefficient (Wildman–Crippen LogP) is 0.472. The van der Waals surface area contributed by atoms with Crippen molar-refractivity contribution in [2.45, 2.75) is 26.3 Å². The van der Waals surface area contributed by atoms with Crippen LogP contribution >= 0.6 is 0 Å². The lowest BCUT2D eigenvalue weighted by Crippen LogP contribution is -2.38. The average Bonchev–Trinajstić information content (AvgIpc) is 2.27. The molecular formula is C11H14N2O3. The summed E-state index contributed by atoms with van der Waals surface area (Å²) >= 11 is 0. The van der Waals surface area contributed by atoms with Gasteiger partial charge in [0.05, 0.1) is 6.04 Å². The molecular weight excluding hydrogens is 208 g/mol. The number of ketones is 1. The van der Waals surface area contributed by atoms with Gasteiger partial charge in [-0.15, -0.1) is 0 Å². The molecule has 1 aromatic heterocycles. The van der Waals surface area contributed by atoms with Crippen LogP contribution in [0.3, 0.4) is 0 Å². The Morgan fingerprint density at radius 1 is 1.50 bits per heavy atom. The van der Waals surface area contributed by atoms with Crippen molar-refractivity contribution < 1.29 is 9.59 Å². The molecule has 5 heteroatoms. The Bertz CT molecular complexity index is 451. The van der Waals surface area contributed by atoms with E-state index in [-0.39, 0.29) is 16.9 Å². The average molecular weight is 222 g/mol. The molecule has 0 aliphatic rings. The van der Waals surface area contributed by atoms with E-state index in [1.54, 1.807) is 13.8 Å². The first kappa shape index (κ1) is 12.2. The van der Waals surface area contributed by atoms with Gasteiger partial charge in [0.2, 0.25) is 5.56 Å². The molecule has 5 nitrogen and oxygen atoms in total. The van der Waals surface area contributed by atoms with Gasteiger partial charge in [0, 0.05) is 24.2 Å². The molecule has 1 aromatic rings. The number of Topliss-reactive ketones (excluding diaryl/α,β-unsaturated/α-hetero) is 1. The maximum atomic E-state index is 11.6. The summed E-state index contributed by atoms with van der Waals surface area (Å²) in [6, 6.07) is 2.15. The Morgan fingerprint density at radius 3 is 2.75 bits per heavy atom. The third-order valence-corrected chi connectivity index (χ3v) is 2.22. The number of hydrogen-bond acceptors (Lipinski definition) is 3. The lowest BCUT2D eigenvalue weighted by molar-refractivity contribution is -0.120. The van der Waals surface area contributed by atoms with E-state index in [1.165, 1.54) is 18.3 Å². The molecule has 0 saturated carbocycles. The van der Waals surface area contributed by atoms with Gasteiger partial charge in [0.1, 0.15) is 0 Å². The Hall–Kier alpha value is -1.91. The first-order valence-corrected chi connectivity index (χ1v) is 5.07. The van der Waals surface area contributed by atoms with E-state index in [0.29, 0.717) is 6.42 Å². The molecule has 0 saturated heterocycles. The van der Waals surface area contributed by atoms with Crippen molar-refractivity contribution >= 4 is 11.7 Å². The van der Waals surface area contributed by atoms with E-state index in [9.17, 15) is 14.4 Å². The summed E-state index contributed by atoms with van der Waals surface area (Å²) in [5.74, 6) is -0.460. The summed E-state index contributed by atoms with van der Waals surface area (Å²) < 4.78 is 0. The van der Waals surface area contributed by atoms with Gasteiger partial charge in [-0.3, -0.25) is 14.4 Å². The highest BCUT2D eigenvalue weighted by molar-refractivity contribution is 5.97. The van der Waals surface area contributed by atoms with Crippen molar-refractivity contribution in [1.82, 2.24) is 10.3 Å². The number of carbonyl (C=O) groups excluding carboxylic acids is 2. The van der Waals surface area contributed by atoms with Crippen LogP contribution in [0.4, 0.5) is 0 Å². The van der Waals surface area contributed by atoms with Crippen molar-refractivity contribution in [3.05, 3.63) is 34.2 Å². The second-order valence-electron chi connectivity index (χ2n) is 3.46. The molecule has 0 spiro atoms. The Morgan fingerprint density at radius 2 is 2.19 bits per heavy atom. The van der Waals surface area contributed by atoms with Gasteiger partial charge in [-0.2, -0.15) is 0 Å². The largest absolute Gasteiger partial charge is 0.343 e. The van der Waals surface area contributed by atoms with Gasteiger partial charge in [-0.25, -0.2) is 0 Å². The molecule has 1 rings (SSSR count). The summed E-state index contributed by atoms with van der Waals surface area (Å²) in [5.41, 5.74) is -0.0957. The number of carbonyl (C=O) groups is 2. The molecule has 1 atom stereocenters. The maximum absolute atomic E-state index is 11.6. The number of aromatic amines is 1. The molecule has 0 radical (unpaired) electrons. The Labute approximate surface area is 92.9 Å². The van der Waals surface area contributed by atoms with E-state index in [2.05, 4.69) is 10.3 Å². The van der Waals surface area contributed by atoms with E-state index < -0.39 is 11.9 Å². The number of hydrogen-bond donors (Lipinski definition) is 2. The minimum Gasteiger partial charge on any atom is -0.343 e. The van der Waals surface area contributed by atoms with Crippen molar-refractivity contribution in [2.24, 2.45) is 0 Å². The van der Waals surface area contributed by atoms with E-state index in [4.69, 9.17) is 0 Å². The normalized spacial score (nSPS) is 11.9. The fourth-order valence-corrected chi connectivity index (χ4v) is 1.25. The first-order chi connectivity index (χ1) is 7.54. The van der Waals surface area contributed by atoms with Crippen LogP contribution in [0.1, 0.15) is 30.6 Å². The third kappa shape index (κ3) is 3.05. The number of amides is 1. The minimum atomic E-state index is -0.531. The summed E-state index contributed by atoms with van der Waals surface area (Å²) in [6.07, 6.45) is 1.76. The van der Waals surface area contributed by atoms with Crippen LogP contribution in [0.2, 0.25) is 0 Å². The molecule has 0 aliphatic carbocycles. The number of nitrogens with one attached hydrogen (secondary N) is 2. The van der Waals surface area contributed by atoms with Gasteiger partial charge in [0.15, 0.2) is 5.78 Å². The van der Waals surface area contributed by atoms with Crippen molar-refractivity contribution in [3.63, 3.8) is 0 Å². The van der Waals surface area contributed by atoms with Crippen LogP contribution in [0.15, 0.2) is 23.1 Å². The highest BCUT2D eigenvalue weighted by Gasteiger charge is 2.14. The molecule has 1 heterocycles. The lowest BCUT2D eigenvalue weighted by atomic mass is 10.1. The quantitative estimate of drug-likeness (QED) is 0.777. The molecule has 0 bridgehead atoms. The zero-order valence-electron chi connectivity index (χ0n) is 9.24. The topological polar surface area (TPSA) is 79.0 Å². The number of rotatable bonds is 4. The van der Waals surface area contributed by atoms with Crippen LogP contribution in [-0.2, 0) is 4.79 Å². The molecule has 1 amide bonds. The maximum Gasteiger partial charge on any atom is 0.252 e. The van der Waals surface area contributed by atoms with E-state index in [0.717, 1.165) is 0 Å². The smallest absolute Gasteiger partial charge is 0.252 e. The van der Waals surface area contributed by atoms with Crippen molar-refractivity contribution in [1.29, 1.82) is 0 Å². The standard InChI is InChI=1S/C11H14N2O3/c1-3-9(14)7(2)13-11(16)8-4-5-12-10(15)6-8/h4-7H,3H2,1-2H3,(H,12,15)(H,13,16). The van der Waals surface area contributed by atoms with E-state index >= 15 is 0 Å². The first-order valence-electron chi connectivity index (χ1n) is 5.07. The SMILES string of the molecule is CCC(=O)C(C)NC(=O)c1cc[nH]c(=O)c1. The highest BCUT2D eigenvalue weighted by Crippen LogP contribution is 1.96. The zero-order chi connectivity index (χ0) is 12.1. The highest BCUT2D eigenvalue weighted by atomic mass is 16.2. The Kier molecular flexibility index (Phi) is 3.99. The summed E-state index contributed by atoms with van der Waals surface area (Å²) in [6.45, 7) is 3.36. The van der Waals surface area contributed by atoms with Crippen molar-refractivity contribution in [2.75, 3.05) is 0 Å². The van der Waals surface area contributed by atoms with Gasteiger partial charge in [0.25, 0.3) is 5.91 Å². The number of aromatic nitrogens is 1. The summed E-state index contributed by atoms with van der Waals surface area (Å²) in [5, 5.41) is 2.53. The third-order valence-electron chi connectivity index (χ3n) is 2.22. The molecule has 2 N–H and O–H groups in total. The molecule has 16 heavy (non-hydrogen) atoms. The van der Waals surface area contributed by atoms with Gasteiger partial charge in [-0.05, 0) is 13.0 Å². The molecule has 86 valence electrons. The van der Waals surface area contributed by atoms with E-state index in [1.807, 2.05) is 0 Å². The van der Waals surface area contributed by atoms with Crippen LogP contribution in [0.5, 0.6) is 0 Å². The van der Waals surface area contributed by atoms with Crippen LogP contribution < -0.4 is 10.9 Å². The van der Waals surface area contributed by atoms with Gasteiger partial charge in [-0.1, -0.05) is 6.92 Å². The lowest BCUT2D eigenvalue weighted by Gasteiger charge is -2.11. The molecule has 1 unspecified atom stereocenters. The summed E-state index contributed by atoms with van der Waals surface area (Å²) in [4.78, 5) is 36.3. The minimum absolute atomic E-state index is 0.0433. The van der Waals surface area contributed by atoms with Gasteiger partial charge < -0.3 is 10.3 Å². The monoisotopic (exact) mass is 222 g/mol. The zero-order valence-corrected chi connectivity index (χ0v) is 9.24. The fraction of sp³-hybridized carbons (Fsp3) is 0.364. The van der Waals surface area contributed by atoms with Crippen LogP contribution in [-0.4, -0.2) is 22.7 Å². The fourth-order valence-electron chi connectivity index (χ4n) is 1.25. The van der Waals surface area contributed by atoms with Gasteiger partial charge >= 0.3 is 0 Å². The number of H-pyrrole nitrogens is 1. The Balaban J connectivity index is 2.73. The van der Waals surface area contributed by atoms with Crippen molar-refractivity contribution in [3.8, 4) is 0 Å². The predicted molar refractivity (Wildman–Crippen MR) is 59.3 cm³/mol. The summed E-state index contributed by atoms with van der Waals surface area (Å²) in [7, 11) is 0. The molecule has 0 aliphatic heterocycles. The van der Waals surface area contributed by atoms with Crippen LogP contribution in [0, 0.1) is 0 Å². The molecule has 0 aromatic carbocycles.